The fraction of sp³-hybridized carbons (Fsp3) is 0.533. The molecular weight excluding hydrogens is 226 g/mol. The van der Waals surface area contributed by atoms with Crippen LogP contribution in [0.1, 0.15) is 45.7 Å². The number of aliphatic carboxylic acids is 1. The first kappa shape index (κ1) is 14.7. The first-order chi connectivity index (χ1) is 8.18. The van der Waals surface area contributed by atoms with Gasteiger partial charge in [-0.2, -0.15) is 0 Å². The third-order valence-corrected chi connectivity index (χ3v) is 4.27. The van der Waals surface area contributed by atoms with Crippen LogP contribution in [0.3, 0.4) is 0 Å². The Morgan fingerprint density at radius 3 is 2.17 bits per heavy atom. The Morgan fingerprint density at radius 1 is 1.22 bits per heavy atom. The Bertz CT molecular complexity index is 410. The maximum Gasteiger partial charge on any atom is 0.303 e. The monoisotopic (exact) mass is 249 g/mol. The molecule has 0 aliphatic rings. The summed E-state index contributed by atoms with van der Waals surface area (Å²) >= 11 is 0. The Labute approximate surface area is 109 Å². The summed E-state index contributed by atoms with van der Waals surface area (Å²) in [6.45, 7) is 8.00. The van der Waals surface area contributed by atoms with E-state index in [4.69, 9.17) is 10.8 Å². The van der Waals surface area contributed by atoms with E-state index in [0.717, 1.165) is 5.56 Å². The Hall–Kier alpha value is -1.35. The normalized spacial score (nSPS) is 14.3. The van der Waals surface area contributed by atoms with Gasteiger partial charge < -0.3 is 10.8 Å². The highest BCUT2D eigenvalue weighted by Gasteiger charge is 2.43. The maximum absolute atomic E-state index is 11.0. The molecular formula is C15H23NO2. The molecule has 0 bridgehead atoms. The second-order valence-electron chi connectivity index (χ2n) is 6.06. The van der Waals surface area contributed by atoms with Gasteiger partial charge >= 0.3 is 5.97 Å². The molecule has 3 nitrogen and oxygen atoms in total. The number of hydrogen-bond acceptors (Lipinski definition) is 2. The van der Waals surface area contributed by atoms with Crippen molar-refractivity contribution >= 4 is 5.97 Å². The summed E-state index contributed by atoms with van der Waals surface area (Å²) in [5.74, 6) is -0.784. The zero-order valence-electron chi connectivity index (χ0n) is 11.6. The molecule has 1 aromatic rings. The lowest BCUT2D eigenvalue weighted by molar-refractivity contribution is -0.141. The Balaban J connectivity index is 3.02. The van der Waals surface area contributed by atoms with Gasteiger partial charge in [0.2, 0.25) is 0 Å². The predicted molar refractivity (Wildman–Crippen MR) is 73.2 cm³/mol. The van der Waals surface area contributed by atoms with E-state index in [-0.39, 0.29) is 23.3 Å². The van der Waals surface area contributed by atoms with Gasteiger partial charge in [-0.05, 0) is 16.4 Å². The average Bonchev–Trinajstić information content (AvgIpc) is 2.27. The maximum atomic E-state index is 11.0. The lowest BCUT2D eigenvalue weighted by Gasteiger charge is -2.45. The van der Waals surface area contributed by atoms with Crippen molar-refractivity contribution in [2.75, 3.05) is 0 Å². The summed E-state index contributed by atoms with van der Waals surface area (Å²) in [5, 5.41) is 9.02. The van der Waals surface area contributed by atoms with E-state index in [2.05, 4.69) is 0 Å². The summed E-state index contributed by atoms with van der Waals surface area (Å²) in [5.41, 5.74) is 6.69. The van der Waals surface area contributed by atoms with Crippen molar-refractivity contribution in [2.24, 2.45) is 16.6 Å². The second kappa shape index (κ2) is 5.11. The quantitative estimate of drug-likeness (QED) is 0.842. The molecule has 3 N–H and O–H groups in total. The number of rotatable bonds is 5. The van der Waals surface area contributed by atoms with Gasteiger partial charge in [0.25, 0.3) is 0 Å². The summed E-state index contributed by atoms with van der Waals surface area (Å²) in [6, 6.07) is 9.65. The molecule has 1 unspecified atom stereocenters. The molecule has 100 valence electrons. The van der Waals surface area contributed by atoms with Gasteiger partial charge in [-0.1, -0.05) is 58.0 Å². The topological polar surface area (TPSA) is 63.3 Å². The molecule has 0 radical (unpaired) electrons. The van der Waals surface area contributed by atoms with Crippen molar-refractivity contribution in [3.8, 4) is 0 Å². The van der Waals surface area contributed by atoms with Crippen LogP contribution in [0.5, 0.6) is 0 Å². The van der Waals surface area contributed by atoms with Crippen molar-refractivity contribution in [1.82, 2.24) is 0 Å². The highest BCUT2D eigenvalue weighted by molar-refractivity contribution is 5.67. The summed E-state index contributed by atoms with van der Waals surface area (Å²) in [4.78, 5) is 11.0. The molecule has 0 amide bonds. The van der Waals surface area contributed by atoms with E-state index < -0.39 is 5.97 Å². The van der Waals surface area contributed by atoms with Crippen LogP contribution in [-0.4, -0.2) is 11.1 Å². The molecule has 0 aromatic heterocycles. The number of benzene rings is 1. The highest BCUT2D eigenvalue weighted by Crippen LogP contribution is 2.48. The van der Waals surface area contributed by atoms with Gasteiger partial charge in [-0.15, -0.1) is 0 Å². The average molecular weight is 249 g/mol. The lowest BCUT2D eigenvalue weighted by Crippen LogP contribution is -2.42. The fourth-order valence-corrected chi connectivity index (χ4v) is 2.10. The zero-order valence-corrected chi connectivity index (χ0v) is 11.6. The van der Waals surface area contributed by atoms with Gasteiger partial charge in [-0.25, -0.2) is 0 Å². The van der Waals surface area contributed by atoms with Crippen LogP contribution < -0.4 is 5.73 Å². The van der Waals surface area contributed by atoms with Crippen LogP contribution in [0.15, 0.2) is 30.3 Å². The van der Waals surface area contributed by atoms with Crippen LogP contribution in [-0.2, 0) is 4.79 Å². The molecule has 0 aliphatic heterocycles. The molecule has 0 saturated carbocycles. The minimum Gasteiger partial charge on any atom is -0.481 e. The van der Waals surface area contributed by atoms with Gasteiger partial charge in [0.15, 0.2) is 0 Å². The SMILES string of the molecule is CC(C)(CC(=O)O)C(C)(C)C(N)c1ccccc1. The molecule has 0 fully saturated rings. The van der Waals surface area contributed by atoms with E-state index in [1.807, 2.05) is 58.0 Å². The van der Waals surface area contributed by atoms with Crippen LogP contribution >= 0.6 is 0 Å². The predicted octanol–water partition coefficient (Wildman–Crippen LogP) is 3.21. The standard InChI is InChI=1S/C15H23NO2/c1-14(2,10-12(17)18)15(3,4)13(16)11-8-6-5-7-9-11/h5-9,13H,10,16H2,1-4H3,(H,17,18). The van der Waals surface area contributed by atoms with E-state index in [1.165, 1.54) is 0 Å². The number of carbonyl (C=O) groups is 1. The number of nitrogens with two attached hydrogens (primary N) is 1. The summed E-state index contributed by atoms with van der Waals surface area (Å²) in [6.07, 6.45) is 0.112. The lowest BCUT2D eigenvalue weighted by atomic mass is 9.61. The van der Waals surface area contributed by atoms with Crippen molar-refractivity contribution in [2.45, 2.75) is 40.2 Å². The minimum atomic E-state index is -0.784. The van der Waals surface area contributed by atoms with Crippen LogP contribution in [0.4, 0.5) is 0 Å². The van der Waals surface area contributed by atoms with Crippen LogP contribution in [0.2, 0.25) is 0 Å². The van der Waals surface area contributed by atoms with Crippen LogP contribution in [0, 0.1) is 10.8 Å². The first-order valence-corrected chi connectivity index (χ1v) is 6.21. The molecule has 0 aliphatic carbocycles. The van der Waals surface area contributed by atoms with Crippen molar-refractivity contribution < 1.29 is 9.90 Å². The summed E-state index contributed by atoms with van der Waals surface area (Å²) in [7, 11) is 0. The molecule has 1 aromatic carbocycles. The minimum absolute atomic E-state index is 0.112. The second-order valence-corrected chi connectivity index (χ2v) is 6.06. The van der Waals surface area contributed by atoms with Crippen molar-refractivity contribution in [1.29, 1.82) is 0 Å². The molecule has 3 heteroatoms. The van der Waals surface area contributed by atoms with E-state index in [1.54, 1.807) is 0 Å². The fourth-order valence-electron chi connectivity index (χ4n) is 2.10. The third kappa shape index (κ3) is 2.91. The summed E-state index contributed by atoms with van der Waals surface area (Å²) < 4.78 is 0. The van der Waals surface area contributed by atoms with Gasteiger partial charge in [0.1, 0.15) is 0 Å². The number of hydrogen-bond donors (Lipinski definition) is 2. The molecule has 0 heterocycles. The van der Waals surface area contributed by atoms with Crippen molar-refractivity contribution in [3.63, 3.8) is 0 Å². The number of carboxylic acid groups (broad SMARTS) is 1. The Kier molecular flexibility index (Phi) is 4.17. The largest absolute Gasteiger partial charge is 0.481 e. The smallest absolute Gasteiger partial charge is 0.303 e. The third-order valence-electron chi connectivity index (χ3n) is 4.27. The zero-order chi connectivity index (χ0) is 14.0. The first-order valence-electron chi connectivity index (χ1n) is 6.21. The van der Waals surface area contributed by atoms with Crippen molar-refractivity contribution in [3.05, 3.63) is 35.9 Å². The van der Waals surface area contributed by atoms with Gasteiger partial charge in [-0.3, -0.25) is 4.79 Å². The molecule has 18 heavy (non-hydrogen) atoms. The number of carboxylic acids is 1. The highest BCUT2D eigenvalue weighted by atomic mass is 16.4. The Morgan fingerprint density at radius 2 is 1.72 bits per heavy atom. The van der Waals surface area contributed by atoms with Gasteiger partial charge in [0, 0.05) is 6.04 Å². The van der Waals surface area contributed by atoms with Crippen LogP contribution in [0.25, 0.3) is 0 Å². The molecule has 1 rings (SSSR count). The molecule has 0 spiro atoms. The van der Waals surface area contributed by atoms with Gasteiger partial charge in [0.05, 0.1) is 6.42 Å². The van der Waals surface area contributed by atoms with E-state index in [9.17, 15) is 4.79 Å². The molecule has 0 saturated heterocycles. The van der Waals surface area contributed by atoms with E-state index >= 15 is 0 Å². The molecule has 1 atom stereocenters. The van der Waals surface area contributed by atoms with E-state index in [0.29, 0.717) is 0 Å².